The van der Waals surface area contributed by atoms with Gasteiger partial charge in [-0.15, -0.1) is 11.3 Å². The Kier molecular flexibility index (Phi) is 5.40. The van der Waals surface area contributed by atoms with E-state index < -0.39 is 0 Å². The molecule has 1 aromatic heterocycles. The number of nitrogens with zero attached hydrogens (tertiary/aromatic N) is 3. The lowest BCUT2D eigenvalue weighted by atomic mass is 10.1. The van der Waals surface area contributed by atoms with Crippen LogP contribution in [-0.2, 0) is 17.8 Å². The molecule has 2 aliphatic heterocycles. The van der Waals surface area contributed by atoms with Gasteiger partial charge in [0.1, 0.15) is 0 Å². The third kappa shape index (κ3) is 3.57. The summed E-state index contributed by atoms with van der Waals surface area (Å²) in [6.45, 7) is 8.98. The molecule has 0 bridgehead atoms. The number of hydrogen-bond donors (Lipinski definition) is 1. The first-order valence-corrected chi connectivity index (χ1v) is 9.59. The third-order valence-corrected chi connectivity index (χ3v) is 5.98. The number of rotatable bonds is 3. The molecule has 24 heavy (non-hydrogen) atoms. The Hall–Kier alpha value is -1.60. The van der Waals surface area contributed by atoms with Crippen LogP contribution in [0, 0.1) is 0 Å². The molecule has 6 nitrogen and oxygen atoms in total. The van der Waals surface area contributed by atoms with E-state index in [2.05, 4.69) is 21.7 Å². The number of urea groups is 1. The van der Waals surface area contributed by atoms with E-state index in [1.165, 1.54) is 10.4 Å². The number of thiophene rings is 1. The fourth-order valence-corrected chi connectivity index (χ4v) is 4.32. The van der Waals surface area contributed by atoms with E-state index in [0.717, 1.165) is 32.6 Å². The van der Waals surface area contributed by atoms with Gasteiger partial charge in [-0.3, -0.25) is 9.69 Å². The number of nitrogens with one attached hydrogen (secondary N) is 1. The van der Waals surface area contributed by atoms with Crippen LogP contribution in [0.3, 0.4) is 0 Å². The minimum absolute atomic E-state index is 0.00264. The molecule has 1 saturated heterocycles. The smallest absolute Gasteiger partial charge is 0.317 e. The molecule has 0 aliphatic carbocycles. The second-order valence-electron chi connectivity index (χ2n) is 6.41. The average Bonchev–Trinajstić information content (AvgIpc) is 3.08. The zero-order chi connectivity index (χ0) is 17.1. The number of piperazine rings is 1. The first-order valence-electron chi connectivity index (χ1n) is 8.71. The average molecular weight is 350 g/mol. The van der Waals surface area contributed by atoms with E-state index in [-0.39, 0.29) is 18.0 Å². The van der Waals surface area contributed by atoms with Gasteiger partial charge in [0.25, 0.3) is 0 Å². The maximum absolute atomic E-state index is 12.8. The van der Waals surface area contributed by atoms with Crippen molar-refractivity contribution in [2.75, 3.05) is 39.3 Å². The Morgan fingerprint density at radius 1 is 1.21 bits per heavy atom. The predicted octanol–water partition coefficient (Wildman–Crippen LogP) is 1.37. The molecule has 0 spiro atoms. The second kappa shape index (κ2) is 7.53. The molecule has 1 aromatic rings. The van der Waals surface area contributed by atoms with Gasteiger partial charge in [0.15, 0.2) is 0 Å². The van der Waals surface area contributed by atoms with Crippen LogP contribution in [0.1, 0.15) is 24.3 Å². The summed E-state index contributed by atoms with van der Waals surface area (Å²) < 4.78 is 0. The normalized spacial score (nSPS) is 19.8. The van der Waals surface area contributed by atoms with Gasteiger partial charge in [0.2, 0.25) is 5.91 Å². The van der Waals surface area contributed by atoms with Crippen molar-refractivity contribution in [2.45, 2.75) is 32.9 Å². The molecule has 1 N–H and O–H groups in total. The maximum Gasteiger partial charge on any atom is 0.317 e. The molecule has 3 heterocycles. The summed E-state index contributed by atoms with van der Waals surface area (Å²) in [6, 6.07) is 2.01. The van der Waals surface area contributed by atoms with Crippen molar-refractivity contribution in [3.8, 4) is 0 Å². The fourth-order valence-electron chi connectivity index (χ4n) is 3.43. The van der Waals surface area contributed by atoms with Crippen LogP contribution in [0.25, 0.3) is 0 Å². The van der Waals surface area contributed by atoms with Crippen molar-refractivity contribution < 1.29 is 9.59 Å². The van der Waals surface area contributed by atoms with Crippen molar-refractivity contribution in [1.29, 1.82) is 0 Å². The molecular weight excluding hydrogens is 324 g/mol. The third-order valence-electron chi connectivity index (χ3n) is 4.95. The van der Waals surface area contributed by atoms with Crippen molar-refractivity contribution in [3.05, 3.63) is 21.9 Å². The topological polar surface area (TPSA) is 55.9 Å². The second-order valence-corrected chi connectivity index (χ2v) is 7.41. The molecule has 1 atom stereocenters. The van der Waals surface area contributed by atoms with Crippen LogP contribution in [0.15, 0.2) is 11.4 Å². The zero-order valence-corrected chi connectivity index (χ0v) is 15.3. The van der Waals surface area contributed by atoms with Crippen LogP contribution >= 0.6 is 11.3 Å². The summed E-state index contributed by atoms with van der Waals surface area (Å²) in [5, 5.41) is 4.95. The van der Waals surface area contributed by atoms with Gasteiger partial charge in [-0.25, -0.2) is 4.79 Å². The largest absolute Gasteiger partial charge is 0.338 e. The van der Waals surface area contributed by atoms with Gasteiger partial charge in [0.05, 0.1) is 6.04 Å². The lowest BCUT2D eigenvalue weighted by Crippen LogP contribution is -2.57. The Morgan fingerprint density at radius 2 is 1.96 bits per heavy atom. The van der Waals surface area contributed by atoms with Crippen molar-refractivity contribution in [1.82, 2.24) is 20.0 Å². The molecule has 7 heteroatoms. The number of amides is 3. The van der Waals surface area contributed by atoms with Crippen LogP contribution in [0.2, 0.25) is 0 Å². The Morgan fingerprint density at radius 3 is 2.67 bits per heavy atom. The van der Waals surface area contributed by atoms with E-state index >= 15 is 0 Å². The van der Waals surface area contributed by atoms with Crippen molar-refractivity contribution in [3.63, 3.8) is 0 Å². The Balaban J connectivity index is 1.53. The summed E-state index contributed by atoms with van der Waals surface area (Å²) in [7, 11) is 0. The highest BCUT2D eigenvalue weighted by Gasteiger charge is 2.31. The summed E-state index contributed by atoms with van der Waals surface area (Å²) in [5.41, 5.74) is 1.30. The molecule has 3 rings (SSSR count). The molecule has 1 fully saturated rings. The standard InChI is InChI=1S/C17H26N4O2S/c1-3-18-17(23)20-9-7-19(8-10-20)13(2)16(22)21-6-4-15-14(12-21)5-11-24-15/h5,11,13H,3-4,6-10,12H2,1-2H3,(H,18,23). The summed E-state index contributed by atoms with van der Waals surface area (Å²) in [5.74, 6) is 0.207. The van der Waals surface area contributed by atoms with E-state index in [1.807, 2.05) is 23.6 Å². The van der Waals surface area contributed by atoms with Crippen molar-refractivity contribution >= 4 is 23.3 Å². The number of carbonyl (C=O) groups is 2. The minimum atomic E-state index is -0.124. The Labute approximate surface area is 147 Å². The van der Waals surface area contributed by atoms with Gasteiger partial charge in [-0.2, -0.15) is 0 Å². The molecular formula is C17H26N4O2S. The maximum atomic E-state index is 12.8. The van der Waals surface area contributed by atoms with Gasteiger partial charge in [-0.1, -0.05) is 0 Å². The number of hydrogen-bond acceptors (Lipinski definition) is 4. The number of fused-ring (bicyclic) bond motifs is 1. The van der Waals surface area contributed by atoms with Gasteiger partial charge in [0, 0.05) is 50.7 Å². The lowest BCUT2D eigenvalue weighted by molar-refractivity contribution is -0.137. The molecule has 1 unspecified atom stereocenters. The fraction of sp³-hybridized carbons (Fsp3) is 0.647. The van der Waals surface area contributed by atoms with E-state index in [0.29, 0.717) is 19.6 Å². The SMILES string of the molecule is CCNC(=O)N1CCN(C(C)C(=O)N2CCc3sccc3C2)CC1. The van der Waals surface area contributed by atoms with E-state index in [4.69, 9.17) is 0 Å². The minimum Gasteiger partial charge on any atom is -0.338 e. The van der Waals surface area contributed by atoms with E-state index in [1.54, 1.807) is 11.3 Å². The highest BCUT2D eigenvalue weighted by atomic mass is 32.1. The quantitative estimate of drug-likeness (QED) is 0.896. The monoisotopic (exact) mass is 350 g/mol. The Bertz CT molecular complexity index is 595. The number of carbonyl (C=O) groups excluding carboxylic acids is 2. The molecule has 3 amide bonds. The summed E-state index contributed by atoms with van der Waals surface area (Å²) >= 11 is 1.79. The van der Waals surface area contributed by atoms with Crippen LogP contribution < -0.4 is 5.32 Å². The molecule has 0 saturated carbocycles. The first kappa shape index (κ1) is 17.2. The summed E-state index contributed by atoms with van der Waals surface area (Å²) in [6.07, 6.45) is 0.969. The van der Waals surface area contributed by atoms with Crippen LogP contribution in [0.4, 0.5) is 4.79 Å². The van der Waals surface area contributed by atoms with Crippen LogP contribution in [-0.4, -0.2) is 71.9 Å². The van der Waals surface area contributed by atoms with Gasteiger partial charge >= 0.3 is 6.03 Å². The highest BCUT2D eigenvalue weighted by molar-refractivity contribution is 7.10. The molecule has 2 aliphatic rings. The molecule has 132 valence electrons. The molecule has 0 aromatic carbocycles. The van der Waals surface area contributed by atoms with E-state index in [9.17, 15) is 9.59 Å². The van der Waals surface area contributed by atoms with Gasteiger partial charge in [-0.05, 0) is 37.3 Å². The zero-order valence-electron chi connectivity index (χ0n) is 14.5. The first-order chi connectivity index (χ1) is 11.6. The van der Waals surface area contributed by atoms with Crippen molar-refractivity contribution in [2.24, 2.45) is 0 Å². The predicted molar refractivity (Wildman–Crippen MR) is 95.1 cm³/mol. The highest BCUT2D eigenvalue weighted by Crippen LogP contribution is 2.24. The van der Waals surface area contributed by atoms with Gasteiger partial charge < -0.3 is 15.1 Å². The summed E-state index contributed by atoms with van der Waals surface area (Å²) in [4.78, 5) is 32.1. The van der Waals surface area contributed by atoms with Crippen LogP contribution in [0.5, 0.6) is 0 Å². The molecule has 0 radical (unpaired) electrons. The lowest BCUT2D eigenvalue weighted by Gasteiger charge is -2.39.